The number of carbonyl (C=O) groups is 2. The molecule has 0 saturated carbocycles. The van der Waals surface area contributed by atoms with Gasteiger partial charge in [0, 0.05) is 18.5 Å². The molecule has 0 aromatic heterocycles. The predicted molar refractivity (Wildman–Crippen MR) is 82.6 cm³/mol. The van der Waals surface area contributed by atoms with Gasteiger partial charge in [-0.2, -0.15) is 0 Å². The lowest BCUT2D eigenvalue weighted by Crippen LogP contribution is -2.40. The van der Waals surface area contributed by atoms with Crippen molar-refractivity contribution in [2.45, 2.75) is 13.3 Å². The Balaban J connectivity index is 2.23. The molecule has 110 valence electrons. The first kappa shape index (κ1) is 14.8. The minimum Gasteiger partial charge on any atom is -0.481 e. The van der Waals surface area contributed by atoms with Crippen molar-refractivity contribution < 1.29 is 14.7 Å². The van der Waals surface area contributed by atoms with Gasteiger partial charge in [0.15, 0.2) is 0 Å². The average Bonchev–Trinajstić information content (AvgIpc) is 2.48. The summed E-state index contributed by atoms with van der Waals surface area (Å²) in [4.78, 5) is 24.3. The first-order valence-electron chi connectivity index (χ1n) is 6.88. The van der Waals surface area contributed by atoms with Crippen LogP contribution in [0.5, 0.6) is 0 Å². The molecule has 2 aromatic carbocycles. The Hall–Kier alpha value is -2.56. The number of urea groups is 1. The van der Waals surface area contributed by atoms with Gasteiger partial charge < -0.3 is 10.4 Å². The second-order valence-corrected chi connectivity index (χ2v) is 4.62. The van der Waals surface area contributed by atoms with Gasteiger partial charge in [0.2, 0.25) is 0 Å². The van der Waals surface area contributed by atoms with E-state index < -0.39 is 5.97 Å². The molecule has 2 aromatic rings. The number of carbonyl (C=O) groups excluding carboxylic acids is 1. The summed E-state index contributed by atoms with van der Waals surface area (Å²) < 4.78 is 0. The molecule has 2 N–H and O–H groups in total. The highest BCUT2D eigenvalue weighted by Crippen LogP contribution is 2.26. The summed E-state index contributed by atoms with van der Waals surface area (Å²) in [5, 5.41) is 13.3. The van der Waals surface area contributed by atoms with Crippen molar-refractivity contribution in [3.8, 4) is 0 Å². The lowest BCUT2D eigenvalue weighted by molar-refractivity contribution is -0.136. The highest BCUT2D eigenvalue weighted by atomic mass is 16.4. The number of carboxylic acids is 1. The number of nitrogens with one attached hydrogen (secondary N) is 1. The third kappa shape index (κ3) is 3.51. The van der Waals surface area contributed by atoms with E-state index in [1.54, 1.807) is 4.90 Å². The fourth-order valence-electron chi connectivity index (χ4n) is 2.24. The maximum atomic E-state index is 12.2. The van der Waals surface area contributed by atoms with E-state index in [4.69, 9.17) is 5.11 Å². The third-order valence-electron chi connectivity index (χ3n) is 3.23. The van der Waals surface area contributed by atoms with Crippen molar-refractivity contribution in [1.82, 2.24) is 5.32 Å². The second-order valence-electron chi connectivity index (χ2n) is 4.62. The minimum atomic E-state index is -0.927. The van der Waals surface area contributed by atoms with Gasteiger partial charge in [-0.3, -0.25) is 9.69 Å². The molecule has 0 aliphatic rings. The number of carboxylic acid groups (broad SMARTS) is 1. The largest absolute Gasteiger partial charge is 0.481 e. The first-order chi connectivity index (χ1) is 10.1. The van der Waals surface area contributed by atoms with Crippen LogP contribution in [0, 0.1) is 0 Å². The van der Waals surface area contributed by atoms with Crippen molar-refractivity contribution in [2.75, 3.05) is 18.0 Å². The van der Waals surface area contributed by atoms with Gasteiger partial charge in [-0.1, -0.05) is 36.4 Å². The molecule has 0 aliphatic carbocycles. The molecule has 0 aliphatic heterocycles. The van der Waals surface area contributed by atoms with E-state index in [1.165, 1.54) is 0 Å². The Morgan fingerprint density at radius 3 is 2.57 bits per heavy atom. The number of nitrogens with zero attached hydrogens (tertiary/aromatic N) is 1. The fourth-order valence-corrected chi connectivity index (χ4v) is 2.24. The lowest BCUT2D eigenvalue weighted by atomic mass is 10.1. The molecule has 0 saturated heterocycles. The SMILES string of the molecule is CCN(C(=O)NCCC(=O)O)c1cccc2ccccc12. The molecule has 2 amide bonds. The van der Waals surface area contributed by atoms with Gasteiger partial charge in [-0.05, 0) is 18.4 Å². The third-order valence-corrected chi connectivity index (χ3v) is 3.23. The van der Waals surface area contributed by atoms with Crippen molar-refractivity contribution in [3.05, 3.63) is 42.5 Å². The van der Waals surface area contributed by atoms with E-state index in [1.807, 2.05) is 49.4 Å². The number of anilines is 1. The van der Waals surface area contributed by atoms with E-state index in [0.29, 0.717) is 6.54 Å². The number of amides is 2. The fraction of sp³-hybridized carbons (Fsp3) is 0.250. The number of benzene rings is 2. The maximum absolute atomic E-state index is 12.2. The van der Waals surface area contributed by atoms with Crippen LogP contribution in [0.25, 0.3) is 10.8 Å². The molecular weight excluding hydrogens is 268 g/mol. The van der Waals surface area contributed by atoms with Crippen LogP contribution < -0.4 is 10.2 Å². The van der Waals surface area contributed by atoms with Gasteiger partial charge in [-0.25, -0.2) is 4.79 Å². The van der Waals surface area contributed by atoms with Crippen LogP contribution in [0.1, 0.15) is 13.3 Å². The van der Waals surface area contributed by atoms with Crippen LogP contribution in [0.4, 0.5) is 10.5 Å². The number of aliphatic carboxylic acids is 1. The van der Waals surface area contributed by atoms with Crippen LogP contribution >= 0.6 is 0 Å². The lowest BCUT2D eigenvalue weighted by Gasteiger charge is -2.23. The molecule has 2 rings (SSSR count). The second kappa shape index (κ2) is 6.74. The van der Waals surface area contributed by atoms with Crippen LogP contribution in [-0.2, 0) is 4.79 Å². The van der Waals surface area contributed by atoms with Gasteiger partial charge in [0.25, 0.3) is 0 Å². The molecule has 5 nitrogen and oxygen atoms in total. The molecule has 5 heteroatoms. The van der Waals surface area contributed by atoms with Crippen molar-refractivity contribution in [1.29, 1.82) is 0 Å². The zero-order valence-corrected chi connectivity index (χ0v) is 11.9. The molecule has 0 spiro atoms. The molecule has 0 radical (unpaired) electrons. The average molecular weight is 286 g/mol. The Labute approximate surface area is 123 Å². The Morgan fingerprint density at radius 2 is 1.86 bits per heavy atom. The zero-order chi connectivity index (χ0) is 15.2. The Bertz CT molecular complexity index is 650. The van der Waals surface area contributed by atoms with Gasteiger partial charge in [0.05, 0.1) is 12.1 Å². The van der Waals surface area contributed by atoms with E-state index in [2.05, 4.69) is 5.32 Å². The van der Waals surface area contributed by atoms with Crippen molar-refractivity contribution in [2.24, 2.45) is 0 Å². The monoisotopic (exact) mass is 286 g/mol. The topological polar surface area (TPSA) is 69.6 Å². The van der Waals surface area contributed by atoms with Crippen LogP contribution in [0.15, 0.2) is 42.5 Å². The predicted octanol–water partition coefficient (Wildman–Crippen LogP) is 2.85. The Morgan fingerprint density at radius 1 is 1.14 bits per heavy atom. The molecule has 0 fully saturated rings. The highest BCUT2D eigenvalue weighted by Gasteiger charge is 2.15. The number of hydrogen-bond donors (Lipinski definition) is 2. The van der Waals surface area contributed by atoms with Crippen molar-refractivity contribution in [3.63, 3.8) is 0 Å². The minimum absolute atomic E-state index is 0.0845. The summed E-state index contributed by atoms with van der Waals surface area (Å²) in [5.41, 5.74) is 0.823. The number of hydrogen-bond acceptors (Lipinski definition) is 2. The summed E-state index contributed by atoms with van der Waals surface area (Å²) in [5.74, 6) is -0.927. The van der Waals surface area contributed by atoms with Crippen LogP contribution in [0.3, 0.4) is 0 Å². The molecule has 0 heterocycles. The molecule has 21 heavy (non-hydrogen) atoms. The van der Waals surface area contributed by atoms with Crippen molar-refractivity contribution >= 4 is 28.5 Å². The molecule has 0 unspecified atom stereocenters. The van der Waals surface area contributed by atoms with E-state index >= 15 is 0 Å². The normalized spacial score (nSPS) is 10.3. The van der Waals surface area contributed by atoms with E-state index in [9.17, 15) is 9.59 Å². The van der Waals surface area contributed by atoms with Gasteiger partial charge in [-0.15, -0.1) is 0 Å². The number of rotatable bonds is 5. The quantitative estimate of drug-likeness (QED) is 0.888. The highest BCUT2D eigenvalue weighted by molar-refractivity contribution is 6.03. The van der Waals surface area contributed by atoms with Gasteiger partial charge in [0.1, 0.15) is 0 Å². The summed E-state index contributed by atoms with van der Waals surface area (Å²) >= 11 is 0. The summed E-state index contributed by atoms with van der Waals surface area (Å²) in [7, 11) is 0. The number of fused-ring (bicyclic) bond motifs is 1. The standard InChI is InChI=1S/C16H18N2O3/c1-2-18(16(21)17-11-10-15(19)20)14-9-5-7-12-6-3-4-8-13(12)14/h3-9H,2,10-11H2,1H3,(H,17,21)(H,19,20). The molecular formula is C16H18N2O3. The summed E-state index contributed by atoms with van der Waals surface area (Å²) in [6.45, 7) is 2.51. The Kier molecular flexibility index (Phi) is 4.77. The van der Waals surface area contributed by atoms with Gasteiger partial charge >= 0.3 is 12.0 Å². The van der Waals surface area contributed by atoms with Crippen LogP contribution in [-0.4, -0.2) is 30.2 Å². The van der Waals surface area contributed by atoms with E-state index in [-0.39, 0.29) is 19.0 Å². The zero-order valence-electron chi connectivity index (χ0n) is 11.9. The molecule has 0 atom stereocenters. The smallest absolute Gasteiger partial charge is 0.321 e. The van der Waals surface area contributed by atoms with Crippen LogP contribution in [0.2, 0.25) is 0 Å². The maximum Gasteiger partial charge on any atom is 0.321 e. The van der Waals surface area contributed by atoms with E-state index in [0.717, 1.165) is 16.5 Å². The molecule has 0 bridgehead atoms. The summed E-state index contributed by atoms with van der Waals surface area (Å²) in [6.07, 6.45) is -0.0845. The summed E-state index contributed by atoms with van der Waals surface area (Å²) in [6, 6.07) is 13.4. The first-order valence-corrected chi connectivity index (χ1v) is 6.88.